The number of morpholine rings is 1. The van der Waals surface area contributed by atoms with E-state index in [0.29, 0.717) is 44.5 Å². The van der Waals surface area contributed by atoms with Crippen LogP contribution in [0.15, 0.2) is 53.4 Å². The van der Waals surface area contributed by atoms with E-state index in [0.717, 1.165) is 25.1 Å². The van der Waals surface area contributed by atoms with Gasteiger partial charge < -0.3 is 19.1 Å². The Morgan fingerprint density at radius 3 is 2.41 bits per heavy atom. The van der Waals surface area contributed by atoms with Gasteiger partial charge in [-0.3, -0.25) is 0 Å². The number of hydrogen-bond donors (Lipinski definition) is 2. The Hall–Kier alpha value is -2.13. The van der Waals surface area contributed by atoms with Gasteiger partial charge in [0.2, 0.25) is 10.0 Å². The second-order valence-corrected chi connectivity index (χ2v) is 9.02. The lowest BCUT2D eigenvalue weighted by Crippen LogP contribution is -3.14. The van der Waals surface area contributed by atoms with Crippen molar-refractivity contribution in [3.05, 3.63) is 54.1 Å². The Morgan fingerprint density at radius 1 is 0.931 bits per heavy atom. The fraction of sp³-hybridized carbons (Fsp3) is 0.429. The van der Waals surface area contributed by atoms with Gasteiger partial charge in [0, 0.05) is 12.5 Å². The van der Waals surface area contributed by atoms with Crippen molar-refractivity contribution in [1.29, 1.82) is 0 Å². The summed E-state index contributed by atoms with van der Waals surface area (Å²) in [5, 5.41) is 0. The smallest absolute Gasteiger partial charge is 0.241 e. The van der Waals surface area contributed by atoms with Gasteiger partial charge in [-0.2, -0.15) is 4.72 Å². The van der Waals surface area contributed by atoms with Gasteiger partial charge >= 0.3 is 0 Å². The second kappa shape index (κ2) is 9.13. The molecule has 2 N–H and O–H groups in total. The van der Waals surface area contributed by atoms with Crippen molar-refractivity contribution in [3.8, 4) is 11.5 Å². The summed E-state index contributed by atoms with van der Waals surface area (Å²) in [4.78, 5) is 1.51. The van der Waals surface area contributed by atoms with Gasteiger partial charge in [0.15, 0.2) is 11.5 Å². The highest BCUT2D eigenvalue weighted by Gasteiger charge is 2.27. The van der Waals surface area contributed by atoms with E-state index in [4.69, 9.17) is 14.2 Å². The van der Waals surface area contributed by atoms with E-state index in [9.17, 15) is 8.42 Å². The first kappa shape index (κ1) is 20.2. The van der Waals surface area contributed by atoms with Gasteiger partial charge in [-0.1, -0.05) is 30.3 Å². The zero-order chi connectivity index (χ0) is 20.1. The Balaban J connectivity index is 1.57. The van der Waals surface area contributed by atoms with Crippen LogP contribution in [0.25, 0.3) is 0 Å². The Labute approximate surface area is 171 Å². The number of sulfonamides is 1. The topological polar surface area (TPSA) is 78.3 Å². The van der Waals surface area contributed by atoms with Crippen LogP contribution in [0.2, 0.25) is 0 Å². The van der Waals surface area contributed by atoms with Crippen LogP contribution in [0, 0.1) is 0 Å². The minimum atomic E-state index is -3.73. The number of rotatable bonds is 6. The van der Waals surface area contributed by atoms with E-state index in [-0.39, 0.29) is 10.9 Å². The molecule has 0 saturated carbocycles. The summed E-state index contributed by atoms with van der Waals surface area (Å²) < 4.78 is 46.0. The molecule has 29 heavy (non-hydrogen) atoms. The highest BCUT2D eigenvalue weighted by Crippen LogP contribution is 2.32. The van der Waals surface area contributed by atoms with Crippen molar-refractivity contribution in [2.45, 2.75) is 17.4 Å². The molecule has 156 valence electrons. The summed E-state index contributed by atoms with van der Waals surface area (Å²) in [6, 6.07) is 14.2. The number of benzene rings is 2. The van der Waals surface area contributed by atoms with E-state index in [2.05, 4.69) is 4.72 Å². The lowest BCUT2D eigenvalue weighted by atomic mass is 10.1. The zero-order valence-electron chi connectivity index (χ0n) is 16.3. The molecule has 1 atom stereocenters. The quantitative estimate of drug-likeness (QED) is 0.724. The summed E-state index contributed by atoms with van der Waals surface area (Å²) in [5.74, 6) is 1.05. The molecule has 8 heteroatoms. The number of ether oxygens (including phenoxy) is 3. The van der Waals surface area contributed by atoms with Gasteiger partial charge in [0.1, 0.15) is 13.1 Å². The highest BCUT2D eigenvalue weighted by molar-refractivity contribution is 7.89. The first-order valence-corrected chi connectivity index (χ1v) is 11.5. The van der Waals surface area contributed by atoms with Crippen LogP contribution in [0.1, 0.15) is 18.0 Å². The maximum atomic E-state index is 13.2. The Morgan fingerprint density at radius 2 is 1.66 bits per heavy atom. The maximum Gasteiger partial charge on any atom is 0.241 e. The van der Waals surface area contributed by atoms with Gasteiger partial charge in [-0.15, -0.1) is 0 Å². The molecule has 0 bridgehead atoms. The van der Waals surface area contributed by atoms with Crippen LogP contribution < -0.4 is 19.1 Å². The fourth-order valence-corrected chi connectivity index (χ4v) is 4.87. The van der Waals surface area contributed by atoms with E-state index < -0.39 is 10.0 Å². The van der Waals surface area contributed by atoms with Crippen LogP contribution in [0.4, 0.5) is 0 Å². The van der Waals surface area contributed by atoms with Crippen molar-refractivity contribution in [1.82, 2.24) is 4.72 Å². The summed E-state index contributed by atoms with van der Waals surface area (Å²) in [7, 11) is -3.73. The van der Waals surface area contributed by atoms with Crippen molar-refractivity contribution in [2.24, 2.45) is 0 Å². The third kappa shape index (κ3) is 5.08. The van der Waals surface area contributed by atoms with Gasteiger partial charge in [0.05, 0.1) is 43.9 Å². The number of hydrogen-bond acceptors (Lipinski definition) is 5. The predicted molar refractivity (Wildman–Crippen MR) is 108 cm³/mol. The average molecular weight is 420 g/mol. The van der Waals surface area contributed by atoms with Crippen LogP contribution in [0.3, 0.4) is 0 Å². The van der Waals surface area contributed by atoms with Crippen molar-refractivity contribution in [3.63, 3.8) is 0 Å². The number of nitrogens with one attached hydrogen (secondary N) is 2. The molecule has 1 fully saturated rings. The summed E-state index contributed by atoms with van der Waals surface area (Å²) in [6.45, 7) is 4.88. The van der Waals surface area contributed by atoms with E-state index in [1.807, 2.05) is 30.3 Å². The fourth-order valence-electron chi connectivity index (χ4n) is 3.63. The third-order valence-corrected chi connectivity index (χ3v) is 6.69. The number of fused-ring (bicyclic) bond motifs is 1. The molecule has 0 radical (unpaired) electrons. The van der Waals surface area contributed by atoms with Gasteiger partial charge in [0.25, 0.3) is 0 Å². The standard InChI is InChI=1S/C21H26N2O5S/c24-29(25,18-7-8-20-21(15-18)28-12-4-11-27-20)22-19(17-5-2-1-3-6-17)16-23-9-13-26-14-10-23/h1-3,5-8,15,19,22H,4,9-14,16H2/p+1/t19-/m0/s1. The van der Waals surface area contributed by atoms with Crippen LogP contribution >= 0.6 is 0 Å². The zero-order valence-corrected chi connectivity index (χ0v) is 17.1. The largest absolute Gasteiger partial charge is 0.490 e. The molecule has 1 saturated heterocycles. The van der Waals surface area contributed by atoms with Crippen LogP contribution in [0.5, 0.6) is 11.5 Å². The molecule has 2 heterocycles. The highest BCUT2D eigenvalue weighted by atomic mass is 32.2. The summed E-state index contributed by atoms with van der Waals surface area (Å²) in [5.41, 5.74) is 0.949. The monoisotopic (exact) mass is 419 g/mol. The molecular formula is C21H27N2O5S+. The summed E-state index contributed by atoms with van der Waals surface area (Å²) >= 11 is 0. The van der Waals surface area contributed by atoms with Crippen LogP contribution in [-0.4, -0.2) is 54.5 Å². The minimum Gasteiger partial charge on any atom is -0.490 e. The SMILES string of the molecule is O=S(=O)(N[C@@H](C[NH+]1CCOCC1)c1ccccc1)c1ccc2c(c1)OCCCO2. The average Bonchev–Trinajstić information content (AvgIpc) is 2.99. The molecule has 2 aromatic rings. The normalized spacial score (nSPS) is 18.8. The lowest BCUT2D eigenvalue weighted by molar-refractivity contribution is -0.909. The first-order chi connectivity index (χ1) is 14.1. The number of quaternary nitrogens is 1. The minimum absolute atomic E-state index is 0.180. The molecule has 2 aliphatic heterocycles. The Bertz CT molecular complexity index is 914. The maximum absolute atomic E-state index is 13.2. The van der Waals surface area contributed by atoms with Crippen molar-refractivity contribution in [2.75, 3.05) is 46.1 Å². The lowest BCUT2D eigenvalue weighted by Gasteiger charge is -2.28. The molecule has 2 aliphatic rings. The molecule has 0 aliphatic carbocycles. The summed E-state index contributed by atoms with van der Waals surface area (Å²) in [6.07, 6.45) is 0.771. The third-order valence-electron chi connectivity index (χ3n) is 5.22. The molecule has 4 rings (SSSR count). The van der Waals surface area contributed by atoms with Crippen LogP contribution in [-0.2, 0) is 14.8 Å². The van der Waals surface area contributed by atoms with E-state index >= 15 is 0 Å². The predicted octanol–water partition coefficient (Wildman–Crippen LogP) is 0.783. The van der Waals surface area contributed by atoms with Gasteiger partial charge in [-0.05, 0) is 17.7 Å². The Kier molecular flexibility index (Phi) is 6.34. The van der Waals surface area contributed by atoms with Crippen molar-refractivity contribution >= 4 is 10.0 Å². The van der Waals surface area contributed by atoms with E-state index in [1.54, 1.807) is 18.2 Å². The molecule has 0 unspecified atom stereocenters. The van der Waals surface area contributed by atoms with Gasteiger partial charge in [-0.25, -0.2) is 8.42 Å². The molecule has 0 spiro atoms. The molecule has 0 aromatic heterocycles. The molecular weight excluding hydrogens is 392 g/mol. The van der Waals surface area contributed by atoms with E-state index in [1.165, 1.54) is 4.90 Å². The first-order valence-electron chi connectivity index (χ1n) is 10.00. The van der Waals surface area contributed by atoms with Crippen molar-refractivity contribution < 1.29 is 27.5 Å². The molecule has 2 aromatic carbocycles. The molecule has 7 nitrogen and oxygen atoms in total. The molecule has 0 amide bonds. The second-order valence-electron chi connectivity index (χ2n) is 7.31.